The largest absolute Gasteiger partial charge is 0.465 e. The van der Waals surface area contributed by atoms with Crippen LogP contribution in [0.15, 0.2) is 0 Å². The molecule has 0 heterocycles. The SMILES string of the molecule is CCOC(=O)C(CCP(OCC)OCC)C(=O)OCC. The van der Waals surface area contributed by atoms with Crippen molar-refractivity contribution >= 4 is 20.3 Å². The first-order valence-corrected chi connectivity index (χ1v) is 8.33. The summed E-state index contributed by atoms with van der Waals surface area (Å²) >= 11 is 0. The molecule has 0 saturated carbocycles. The molecule has 0 aromatic carbocycles. The number of ether oxygens (including phenoxy) is 2. The van der Waals surface area contributed by atoms with Crippen molar-refractivity contribution in [3.8, 4) is 0 Å². The van der Waals surface area contributed by atoms with E-state index < -0.39 is 26.2 Å². The van der Waals surface area contributed by atoms with E-state index >= 15 is 0 Å². The highest BCUT2D eigenvalue weighted by atomic mass is 31.2. The highest BCUT2D eigenvalue weighted by Crippen LogP contribution is 2.39. The van der Waals surface area contributed by atoms with Crippen molar-refractivity contribution in [2.75, 3.05) is 32.6 Å². The molecule has 0 bridgehead atoms. The maximum Gasteiger partial charge on any atom is 0.320 e. The van der Waals surface area contributed by atoms with Crippen molar-refractivity contribution in [2.24, 2.45) is 5.92 Å². The number of rotatable bonds is 11. The minimum Gasteiger partial charge on any atom is -0.465 e. The summed E-state index contributed by atoms with van der Waals surface area (Å²) in [4.78, 5) is 23.6. The fourth-order valence-electron chi connectivity index (χ4n) is 1.51. The highest BCUT2D eigenvalue weighted by molar-refractivity contribution is 7.47. The molecule has 7 heteroatoms. The second kappa shape index (κ2) is 12.1. The molecule has 6 nitrogen and oxygen atoms in total. The highest BCUT2D eigenvalue weighted by Gasteiger charge is 2.30. The lowest BCUT2D eigenvalue weighted by atomic mass is 10.1. The van der Waals surface area contributed by atoms with Crippen LogP contribution < -0.4 is 0 Å². The minimum atomic E-state index is -1.08. The first-order chi connectivity index (χ1) is 9.60. The molecule has 0 saturated heterocycles. The van der Waals surface area contributed by atoms with E-state index in [0.717, 1.165) is 0 Å². The normalized spacial score (nSPS) is 10.9. The van der Waals surface area contributed by atoms with Crippen molar-refractivity contribution in [1.29, 1.82) is 0 Å². The summed E-state index contributed by atoms with van der Waals surface area (Å²) < 4.78 is 20.7. The summed E-state index contributed by atoms with van der Waals surface area (Å²) in [6.45, 7) is 8.71. The van der Waals surface area contributed by atoms with E-state index in [1.54, 1.807) is 13.8 Å². The zero-order chi connectivity index (χ0) is 15.4. The van der Waals surface area contributed by atoms with E-state index in [1.165, 1.54) is 0 Å². The average Bonchev–Trinajstić information content (AvgIpc) is 2.40. The molecule has 20 heavy (non-hydrogen) atoms. The van der Waals surface area contributed by atoms with Gasteiger partial charge >= 0.3 is 11.9 Å². The number of hydrogen-bond donors (Lipinski definition) is 0. The Balaban J connectivity index is 4.53. The third-order valence-corrected chi connectivity index (χ3v) is 4.00. The average molecular weight is 308 g/mol. The van der Waals surface area contributed by atoms with Gasteiger partial charge in [0.1, 0.15) is 0 Å². The molecule has 118 valence electrons. The van der Waals surface area contributed by atoms with Gasteiger partial charge in [-0.15, -0.1) is 0 Å². The number of carbonyl (C=O) groups excluding carboxylic acids is 2. The lowest BCUT2D eigenvalue weighted by Crippen LogP contribution is -2.29. The van der Waals surface area contributed by atoms with Crippen molar-refractivity contribution in [1.82, 2.24) is 0 Å². The fraction of sp³-hybridized carbons (Fsp3) is 0.846. The third-order valence-electron chi connectivity index (χ3n) is 2.29. The number of carbonyl (C=O) groups is 2. The zero-order valence-electron chi connectivity index (χ0n) is 12.7. The van der Waals surface area contributed by atoms with E-state index in [9.17, 15) is 9.59 Å². The molecule has 0 radical (unpaired) electrons. The van der Waals surface area contributed by atoms with Gasteiger partial charge in [0.25, 0.3) is 0 Å². The number of esters is 2. The van der Waals surface area contributed by atoms with E-state index in [2.05, 4.69) is 0 Å². The van der Waals surface area contributed by atoms with E-state index in [1.807, 2.05) is 13.8 Å². The first-order valence-electron chi connectivity index (χ1n) is 6.97. The van der Waals surface area contributed by atoms with Crippen LogP contribution in [0.3, 0.4) is 0 Å². The van der Waals surface area contributed by atoms with Gasteiger partial charge in [0.05, 0.1) is 26.4 Å². The molecule has 0 aliphatic heterocycles. The van der Waals surface area contributed by atoms with Gasteiger partial charge < -0.3 is 18.5 Å². The summed E-state index contributed by atoms with van der Waals surface area (Å²) in [6, 6.07) is 0. The molecule has 0 spiro atoms. The predicted molar refractivity (Wildman–Crippen MR) is 76.4 cm³/mol. The van der Waals surface area contributed by atoms with Crippen molar-refractivity contribution in [3.05, 3.63) is 0 Å². The van der Waals surface area contributed by atoms with E-state index in [-0.39, 0.29) is 13.2 Å². The smallest absolute Gasteiger partial charge is 0.320 e. The van der Waals surface area contributed by atoms with Crippen LogP contribution in [-0.4, -0.2) is 44.5 Å². The molecule has 0 atom stereocenters. The molecule has 0 aromatic rings. The standard InChI is InChI=1S/C13H25O6P/c1-5-16-12(14)11(13(15)17-6-2)9-10-20(18-7-3)19-8-4/h11H,5-10H2,1-4H3. The predicted octanol–water partition coefficient (Wildman–Crippen LogP) is 2.50. The Hall–Kier alpha value is -0.710. The molecule has 0 amide bonds. The summed E-state index contributed by atoms with van der Waals surface area (Å²) in [7, 11) is -1.08. The van der Waals surface area contributed by atoms with E-state index in [0.29, 0.717) is 25.8 Å². The second-order valence-corrected chi connectivity index (χ2v) is 5.37. The monoisotopic (exact) mass is 308 g/mol. The van der Waals surface area contributed by atoms with Crippen LogP contribution in [0.2, 0.25) is 0 Å². The summed E-state index contributed by atoms with van der Waals surface area (Å²) in [5, 5.41) is 0. The molecular weight excluding hydrogens is 283 g/mol. The number of hydrogen-bond acceptors (Lipinski definition) is 6. The maximum atomic E-state index is 11.8. The Morgan fingerprint density at radius 2 is 1.30 bits per heavy atom. The van der Waals surface area contributed by atoms with Crippen LogP contribution in [0.5, 0.6) is 0 Å². The summed E-state index contributed by atoms with van der Waals surface area (Å²) in [5.41, 5.74) is 0. The van der Waals surface area contributed by atoms with E-state index in [4.69, 9.17) is 18.5 Å². The Labute approximate surface area is 122 Å². The van der Waals surface area contributed by atoms with Crippen LogP contribution in [0.1, 0.15) is 34.1 Å². The topological polar surface area (TPSA) is 71.1 Å². The minimum absolute atomic E-state index is 0.237. The quantitative estimate of drug-likeness (QED) is 0.332. The lowest BCUT2D eigenvalue weighted by molar-refractivity contribution is -0.161. The second-order valence-electron chi connectivity index (χ2n) is 3.74. The van der Waals surface area contributed by atoms with Crippen molar-refractivity contribution in [3.63, 3.8) is 0 Å². The van der Waals surface area contributed by atoms with Crippen LogP contribution in [0.4, 0.5) is 0 Å². The van der Waals surface area contributed by atoms with Crippen LogP contribution >= 0.6 is 8.38 Å². The summed E-state index contributed by atoms with van der Waals surface area (Å²) in [5.74, 6) is -2.00. The lowest BCUT2D eigenvalue weighted by Gasteiger charge is -2.18. The van der Waals surface area contributed by atoms with Crippen LogP contribution in [0.25, 0.3) is 0 Å². The molecule has 0 unspecified atom stereocenters. The first kappa shape index (κ1) is 19.3. The Kier molecular flexibility index (Phi) is 11.6. The third kappa shape index (κ3) is 7.78. The van der Waals surface area contributed by atoms with Crippen LogP contribution in [0, 0.1) is 5.92 Å². The van der Waals surface area contributed by atoms with Gasteiger partial charge in [-0.25, -0.2) is 0 Å². The zero-order valence-corrected chi connectivity index (χ0v) is 13.6. The van der Waals surface area contributed by atoms with Gasteiger partial charge in [0.15, 0.2) is 14.3 Å². The Morgan fingerprint density at radius 1 is 0.850 bits per heavy atom. The molecule has 0 N–H and O–H groups in total. The van der Waals surface area contributed by atoms with Gasteiger partial charge in [-0.2, -0.15) is 0 Å². The maximum absolute atomic E-state index is 11.8. The molecule has 0 aliphatic rings. The van der Waals surface area contributed by atoms with Gasteiger partial charge in [-0.3, -0.25) is 9.59 Å². The van der Waals surface area contributed by atoms with Crippen LogP contribution in [-0.2, 0) is 28.1 Å². The van der Waals surface area contributed by atoms with Gasteiger partial charge in [0.2, 0.25) is 0 Å². The molecule has 0 rings (SSSR count). The summed E-state index contributed by atoms with van der Waals surface area (Å²) in [6.07, 6.45) is 0.808. The molecule has 0 fully saturated rings. The van der Waals surface area contributed by atoms with Crippen molar-refractivity contribution in [2.45, 2.75) is 34.1 Å². The molecular formula is C13H25O6P. The Bertz CT molecular complexity index is 260. The van der Waals surface area contributed by atoms with Crippen molar-refractivity contribution < 1.29 is 28.1 Å². The molecule has 0 aromatic heterocycles. The van der Waals surface area contributed by atoms with Gasteiger partial charge in [-0.05, 0) is 34.1 Å². The van der Waals surface area contributed by atoms with Gasteiger partial charge in [-0.1, -0.05) is 0 Å². The molecule has 0 aliphatic carbocycles. The Morgan fingerprint density at radius 3 is 1.65 bits per heavy atom. The van der Waals surface area contributed by atoms with Gasteiger partial charge in [0, 0.05) is 6.16 Å². The fourth-order valence-corrected chi connectivity index (χ4v) is 2.88.